The Morgan fingerprint density at radius 1 is 1.04 bits per heavy atom. The van der Waals surface area contributed by atoms with E-state index in [1.807, 2.05) is 0 Å². The Morgan fingerprint density at radius 3 is 2.48 bits per heavy atom. The lowest BCUT2D eigenvalue weighted by Crippen LogP contribution is -2.32. The molecule has 1 amide bonds. The molecule has 3 N–H and O–H groups in total. The summed E-state index contributed by atoms with van der Waals surface area (Å²) in [6.07, 6.45) is 2.21. The third kappa shape index (κ3) is 5.30. The summed E-state index contributed by atoms with van der Waals surface area (Å²) < 4.78 is 1.15. The molecule has 1 aromatic heterocycles. The van der Waals surface area contributed by atoms with Gasteiger partial charge in [0.2, 0.25) is 5.91 Å². The second-order valence-electron chi connectivity index (χ2n) is 5.75. The summed E-state index contributed by atoms with van der Waals surface area (Å²) in [5.74, 6) is -1.04. The number of carboxylic acids is 1. The van der Waals surface area contributed by atoms with E-state index in [4.69, 9.17) is 5.11 Å². The molecule has 0 saturated heterocycles. The molecule has 8 nitrogen and oxygen atoms in total. The van der Waals surface area contributed by atoms with E-state index in [9.17, 15) is 19.2 Å². The minimum absolute atomic E-state index is 0.0727. The average molecular weight is 347 g/mol. The summed E-state index contributed by atoms with van der Waals surface area (Å²) >= 11 is 0. The summed E-state index contributed by atoms with van der Waals surface area (Å²) in [5, 5.41) is 14.4. The van der Waals surface area contributed by atoms with Crippen LogP contribution in [0, 0.1) is 0 Å². The number of benzene rings is 1. The molecule has 1 aromatic carbocycles. The van der Waals surface area contributed by atoms with Crippen LogP contribution >= 0.6 is 0 Å². The lowest BCUT2D eigenvalue weighted by Gasteiger charge is -2.08. The predicted molar refractivity (Wildman–Crippen MR) is 92.6 cm³/mol. The van der Waals surface area contributed by atoms with Crippen LogP contribution in [0.2, 0.25) is 0 Å². The van der Waals surface area contributed by atoms with Gasteiger partial charge in [0.15, 0.2) is 0 Å². The predicted octanol–water partition coefficient (Wildman–Crippen LogP) is 0.841. The van der Waals surface area contributed by atoms with Crippen LogP contribution in [-0.4, -0.2) is 33.3 Å². The normalized spacial score (nSPS) is 10.7. The summed E-state index contributed by atoms with van der Waals surface area (Å²) in [6.45, 7) is 0.547. The summed E-state index contributed by atoms with van der Waals surface area (Å²) in [4.78, 5) is 46.4. The van der Waals surface area contributed by atoms with E-state index in [1.165, 1.54) is 0 Å². The van der Waals surface area contributed by atoms with E-state index >= 15 is 0 Å². The molecule has 134 valence electrons. The number of carbonyl (C=O) groups excluding carboxylic acids is 1. The number of rotatable bonds is 9. The lowest BCUT2D eigenvalue weighted by atomic mass is 10.2. The van der Waals surface area contributed by atoms with E-state index in [2.05, 4.69) is 10.4 Å². The van der Waals surface area contributed by atoms with Gasteiger partial charge in [-0.15, -0.1) is 0 Å². The van der Waals surface area contributed by atoms with E-state index in [0.29, 0.717) is 30.2 Å². The number of aryl methyl sites for hydroxylation is 1. The van der Waals surface area contributed by atoms with Crippen LogP contribution < -0.4 is 16.4 Å². The summed E-state index contributed by atoms with van der Waals surface area (Å²) in [6, 6.07) is 6.54. The van der Waals surface area contributed by atoms with Crippen molar-refractivity contribution >= 4 is 22.6 Å². The van der Waals surface area contributed by atoms with E-state index in [0.717, 1.165) is 11.1 Å². The van der Waals surface area contributed by atoms with Crippen LogP contribution in [0.5, 0.6) is 0 Å². The molecule has 1 heterocycles. The standard InChI is InChI=1S/C17H21N3O5/c21-14(18-10-5-1-2-8-15(22)23)9-11-20-17(25)13-7-4-3-6-12(13)16(24)19-20/h3-4,6-7H,1-2,5,8-11H2,(H,18,21)(H,19,24)(H,22,23). The van der Waals surface area contributed by atoms with Gasteiger partial charge in [-0.05, 0) is 25.0 Å². The molecule has 8 heteroatoms. The molecule has 0 unspecified atom stereocenters. The molecule has 0 aliphatic carbocycles. The highest BCUT2D eigenvalue weighted by Gasteiger charge is 2.08. The highest BCUT2D eigenvalue weighted by Crippen LogP contribution is 2.02. The molecular formula is C17H21N3O5. The molecule has 0 bridgehead atoms. The van der Waals surface area contributed by atoms with Crippen molar-refractivity contribution in [1.29, 1.82) is 0 Å². The van der Waals surface area contributed by atoms with Gasteiger partial charge in [-0.1, -0.05) is 18.6 Å². The van der Waals surface area contributed by atoms with Gasteiger partial charge in [0, 0.05) is 19.4 Å². The number of hydrogen-bond donors (Lipinski definition) is 3. The molecule has 2 rings (SSSR count). The van der Waals surface area contributed by atoms with Crippen molar-refractivity contribution in [3.05, 3.63) is 45.0 Å². The van der Waals surface area contributed by atoms with Crippen LogP contribution in [0.1, 0.15) is 32.1 Å². The second kappa shape index (κ2) is 8.81. The van der Waals surface area contributed by atoms with Gasteiger partial charge in [0.25, 0.3) is 11.1 Å². The minimum atomic E-state index is -0.821. The van der Waals surface area contributed by atoms with Crippen LogP contribution in [0.15, 0.2) is 33.9 Å². The Morgan fingerprint density at radius 2 is 1.76 bits per heavy atom. The number of nitrogens with zero attached hydrogens (tertiary/aromatic N) is 1. The molecule has 0 saturated carbocycles. The molecule has 2 aromatic rings. The van der Waals surface area contributed by atoms with Crippen molar-refractivity contribution in [3.8, 4) is 0 Å². The number of amides is 1. The molecular weight excluding hydrogens is 326 g/mol. The maximum atomic E-state index is 12.3. The van der Waals surface area contributed by atoms with Crippen molar-refractivity contribution in [2.24, 2.45) is 0 Å². The van der Waals surface area contributed by atoms with Crippen LogP contribution in [0.4, 0.5) is 0 Å². The number of aromatic nitrogens is 2. The molecule has 0 radical (unpaired) electrons. The first-order valence-electron chi connectivity index (χ1n) is 8.19. The number of H-pyrrole nitrogens is 1. The molecule has 0 aliphatic rings. The molecule has 0 atom stereocenters. The van der Waals surface area contributed by atoms with Gasteiger partial charge in [0.1, 0.15) is 0 Å². The van der Waals surface area contributed by atoms with Gasteiger partial charge in [-0.3, -0.25) is 24.3 Å². The van der Waals surface area contributed by atoms with Gasteiger partial charge < -0.3 is 10.4 Å². The quantitative estimate of drug-likeness (QED) is 0.580. The maximum Gasteiger partial charge on any atom is 0.303 e. The largest absolute Gasteiger partial charge is 0.481 e. The third-order valence-electron chi connectivity index (χ3n) is 3.84. The Bertz CT molecular complexity index is 868. The van der Waals surface area contributed by atoms with Gasteiger partial charge in [0.05, 0.1) is 17.3 Å². The Kier molecular flexibility index (Phi) is 6.50. The average Bonchev–Trinajstić information content (AvgIpc) is 2.59. The second-order valence-corrected chi connectivity index (χ2v) is 5.75. The van der Waals surface area contributed by atoms with Crippen molar-refractivity contribution in [2.75, 3.05) is 6.54 Å². The zero-order valence-corrected chi connectivity index (χ0v) is 13.8. The number of aliphatic carboxylic acids is 1. The minimum Gasteiger partial charge on any atom is -0.481 e. The summed E-state index contributed by atoms with van der Waals surface area (Å²) in [5.41, 5.74) is -0.703. The van der Waals surface area contributed by atoms with Gasteiger partial charge >= 0.3 is 5.97 Å². The molecule has 0 fully saturated rings. The van der Waals surface area contributed by atoms with Crippen molar-refractivity contribution in [3.63, 3.8) is 0 Å². The number of nitrogens with one attached hydrogen (secondary N) is 2. The molecule has 25 heavy (non-hydrogen) atoms. The highest BCUT2D eigenvalue weighted by molar-refractivity contribution is 5.80. The van der Waals surface area contributed by atoms with E-state index in [1.54, 1.807) is 24.3 Å². The van der Waals surface area contributed by atoms with Crippen molar-refractivity contribution in [1.82, 2.24) is 15.1 Å². The molecule has 0 aliphatic heterocycles. The number of hydrogen-bond acceptors (Lipinski definition) is 4. The third-order valence-corrected chi connectivity index (χ3v) is 3.84. The molecule has 0 spiro atoms. The lowest BCUT2D eigenvalue weighted by molar-refractivity contribution is -0.137. The fraction of sp³-hybridized carbons (Fsp3) is 0.412. The van der Waals surface area contributed by atoms with Crippen molar-refractivity contribution in [2.45, 2.75) is 38.6 Å². The Hall–Kier alpha value is -2.90. The van der Waals surface area contributed by atoms with Gasteiger partial charge in [-0.2, -0.15) is 0 Å². The fourth-order valence-corrected chi connectivity index (χ4v) is 2.51. The smallest absolute Gasteiger partial charge is 0.303 e. The maximum absolute atomic E-state index is 12.3. The monoisotopic (exact) mass is 347 g/mol. The number of unbranched alkanes of at least 4 members (excludes halogenated alkanes) is 2. The number of carbonyl (C=O) groups is 2. The van der Waals surface area contributed by atoms with E-state index < -0.39 is 5.97 Å². The van der Waals surface area contributed by atoms with Crippen LogP contribution in [0.25, 0.3) is 10.8 Å². The van der Waals surface area contributed by atoms with Crippen LogP contribution in [0.3, 0.4) is 0 Å². The van der Waals surface area contributed by atoms with Crippen molar-refractivity contribution < 1.29 is 14.7 Å². The fourth-order valence-electron chi connectivity index (χ4n) is 2.51. The number of aromatic amines is 1. The first kappa shape index (κ1) is 18.4. The number of fused-ring (bicyclic) bond motifs is 1. The Balaban J connectivity index is 1.83. The zero-order chi connectivity index (χ0) is 18.2. The zero-order valence-electron chi connectivity index (χ0n) is 13.8. The number of carboxylic acid groups (broad SMARTS) is 1. The first-order valence-corrected chi connectivity index (χ1v) is 8.19. The van der Waals surface area contributed by atoms with Crippen LogP contribution in [-0.2, 0) is 16.1 Å². The highest BCUT2D eigenvalue weighted by atomic mass is 16.4. The SMILES string of the molecule is O=C(O)CCCCCNC(=O)CCn1[nH]c(=O)c2ccccc2c1=O. The summed E-state index contributed by atoms with van der Waals surface area (Å²) in [7, 11) is 0. The first-order chi connectivity index (χ1) is 12.0. The topological polar surface area (TPSA) is 121 Å². The van der Waals surface area contributed by atoms with Gasteiger partial charge in [-0.25, -0.2) is 4.68 Å². The van der Waals surface area contributed by atoms with E-state index in [-0.39, 0.29) is 36.4 Å². The Labute approximate surface area is 143 Å².